The molecule has 1 aromatic carbocycles. The number of nitrogens with zero attached hydrogens (tertiary/aromatic N) is 1. The Labute approximate surface area is 184 Å². The quantitative estimate of drug-likeness (QED) is 0.659. The molecule has 1 aromatic heterocycles. The maximum atomic E-state index is 12.4. The standard InChI is InChI=1S/C23H29N3O3.ClH/c1-17(15-25-23(28)29-16-18-5-3-2-4-6-18)19-7-9-20(10-8-19)22(27)26-21-11-13-24-14-12-21;/h2-6,11-14,17,19-20H,7-10,15-16H2,1H3,(H,25,28)(H,24,26,27);1H. The van der Waals surface area contributed by atoms with Crippen LogP contribution in [0.5, 0.6) is 0 Å². The number of hydrogen-bond acceptors (Lipinski definition) is 4. The molecule has 1 aliphatic rings. The van der Waals surface area contributed by atoms with Crippen molar-refractivity contribution in [3.63, 3.8) is 0 Å². The van der Waals surface area contributed by atoms with E-state index in [1.165, 1.54) is 0 Å². The molecule has 1 aliphatic carbocycles. The highest BCUT2D eigenvalue weighted by Crippen LogP contribution is 2.33. The molecule has 1 fully saturated rings. The van der Waals surface area contributed by atoms with E-state index in [4.69, 9.17) is 4.74 Å². The van der Waals surface area contributed by atoms with Crippen LogP contribution in [0.4, 0.5) is 10.5 Å². The van der Waals surface area contributed by atoms with Crippen LogP contribution in [0.1, 0.15) is 38.2 Å². The zero-order chi connectivity index (χ0) is 20.5. The predicted molar refractivity (Wildman–Crippen MR) is 119 cm³/mol. The molecule has 3 rings (SSSR count). The lowest BCUT2D eigenvalue weighted by Gasteiger charge is -2.31. The first-order valence-electron chi connectivity index (χ1n) is 10.3. The molecule has 7 heteroatoms. The fraction of sp³-hybridized carbons (Fsp3) is 0.435. The molecular weight excluding hydrogens is 402 g/mol. The number of halogens is 1. The number of ether oxygens (including phenoxy) is 1. The Kier molecular flexibility index (Phi) is 9.61. The van der Waals surface area contributed by atoms with Crippen molar-refractivity contribution in [2.75, 3.05) is 11.9 Å². The molecule has 1 heterocycles. The van der Waals surface area contributed by atoms with E-state index in [2.05, 4.69) is 22.5 Å². The van der Waals surface area contributed by atoms with E-state index in [0.29, 0.717) is 18.4 Å². The van der Waals surface area contributed by atoms with Gasteiger partial charge in [0.2, 0.25) is 5.91 Å². The number of carbonyl (C=O) groups is 2. The van der Waals surface area contributed by atoms with E-state index < -0.39 is 0 Å². The number of nitrogens with one attached hydrogen (secondary N) is 2. The third-order valence-corrected chi connectivity index (χ3v) is 5.68. The molecule has 162 valence electrons. The molecular formula is C23H30ClN3O3. The summed E-state index contributed by atoms with van der Waals surface area (Å²) in [7, 11) is 0. The number of rotatable bonds is 7. The second-order valence-electron chi connectivity index (χ2n) is 7.76. The molecule has 0 bridgehead atoms. The summed E-state index contributed by atoms with van der Waals surface area (Å²) in [5.41, 5.74) is 1.76. The smallest absolute Gasteiger partial charge is 0.407 e. The van der Waals surface area contributed by atoms with Gasteiger partial charge in [0, 0.05) is 30.5 Å². The number of aromatic nitrogens is 1. The minimum Gasteiger partial charge on any atom is -0.445 e. The molecule has 1 atom stereocenters. The summed E-state index contributed by atoms with van der Waals surface area (Å²) in [5.74, 6) is 0.998. The van der Waals surface area contributed by atoms with Gasteiger partial charge in [-0.2, -0.15) is 0 Å². The van der Waals surface area contributed by atoms with Gasteiger partial charge in [0.25, 0.3) is 0 Å². The Balaban J connectivity index is 0.00000320. The van der Waals surface area contributed by atoms with Crippen molar-refractivity contribution >= 4 is 30.1 Å². The third-order valence-electron chi connectivity index (χ3n) is 5.68. The van der Waals surface area contributed by atoms with Gasteiger partial charge in [0.05, 0.1) is 0 Å². The highest BCUT2D eigenvalue weighted by Gasteiger charge is 2.29. The summed E-state index contributed by atoms with van der Waals surface area (Å²) in [5, 5.41) is 5.84. The van der Waals surface area contributed by atoms with Gasteiger partial charge in [0.1, 0.15) is 6.61 Å². The van der Waals surface area contributed by atoms with Crippen LogP contribution in [-0.2, 0) is 16.1 Å². The van der Waals surface area contributed by atoms with Gasteiger partial charge in [-0.05, 0) is 55.2 Å². The lowest BCUT2D eigenvalue weighted by Crippen LogP contribution is -2.34. The molecule has 30 heavy (non-hydrogen) atoms. The molecule has 2 aromatic rings. The first-order chi connectivity index (χ1) is 14.1. The number of carbonyl (C=O) groups excluding carboxylic acids is 2. The second kappa shape index (κ2) is 12.2. The maximum absolute atomic E-state index is 12.4. The largest absolute Gasteiger partial charge is 0.445 e. The van der Waals surface area contributed by atoms with Crippen LogP contribution in [0.2, 0.25) is 0 Å². The molecule has 0 aliphatic heterocycles. The topological polar surface area (TPSA) is 80.3 Å². The van der Waals surface area contributed by atoms with Crippen molar-refractivity contribution in [3.8, 4) is 0 Å². The number of anilines is 1. The summed E-state index contributed by atoms with van der Waals surface area (Å²) < 4.78 is 5.26. The van der Waals surface area contributed by atoms with E-state index >= 15 is 0 Å². The van der Waals surface area contributed by atoms with Gasteiger partial charge in [-0.15, -0.1) is 12.4 Å². The van der Waals surface area contributed by atoms with Crippen molar-refractivity contribution in [1.82, 2.24) is 10.3 Å². The van der Waals surface area contributed by atoms with E-state index in [1.54, 1.807) is 24.5 Å². The van der Waals surface area contributed by atoms with Crippen LogP contribution in [0, 0.1) is 17.8 Å². The molecule has 0 spiro atoms. The van der Waals surface area contributed by atoms with E-state index in [1.807, 2.05) is 30.3 Å². The van der Waals surface area contributed by atoms with Gasteiger partial charge < -0.3 is 15.4 Å². The highest BCUT2D eigenvalue weighted by atomic mass is 35.5. The first kappa shape index (κ1) is 23.7. The normalized spacial score (nSPS) is 19.1. The maximum Gasteiger partial charge on any atom is 0.407 e. The number of pyridine rings is 1. The Morgan fingerprint density at radius 1 is 1.07 bits per heavy atom. The van der Waals surface area contributed by atoms with E-state index in [-0.39, 0.29) is 36.9 Å². The number of benzene rings is 1. The minimum atomic E-state index is -0.383. The molecule has 6 nitrogen and oxygen atoms in total. The molecule has 2 N–H and O–H groups in total. The molecule has 0 saturated heterocycles. The monoisotopic (exact) mass is 431 g/mol. The van der Waals surface area contributed by atoms with E-state index in [9.17, 15) is 9.59 Å². The summed E-state index contributed by atoms with van der Waals surface area (Å²) in [6.45, 7) is 3.02. The van der Waals surface area contributed by atoms with Gasteiger partial charge in [-0.25, -0.2) is 4.79 Å². The Bertz CT molecular complexity index is 781. The van der Waals surface area contributed by atoms with Crippen LogP contribution < -0.4 is 10.6 Å². The van der Waals surface area contributed by atoms with Crippen LogP contribution in [-0.4, -0.2) is 23.5 Å². The second-order valence-corrected chi connectivity index (χ2v) is 7.76. The average Bonchev–Trinajstić information content (AvgIpc) is 2.77. The van der Waals surface area contributed by atoms with E-state index in [0.717, 1.165) is 36.9 Å². The van der Waals surface area contributed by atoms with Crippen LogP contribution >= 0.6 is 12.4 Å². The van der Waals surface area contributed by atoms with Gasteiger partial charge in [-0.3, -0.25) is 9.78 Å². The van der Waals surface area contributed by atoms with Crippen LogP contribution in [0.25, 0.3) is 0 Å². The van der Waals surface area contributed by atoms with Crippen molar-refractivity contribution in [3.05, 3.63) is 60.4 Å². The van der Waals surface area contributed by atoms with Gasteiger partial charge in [0.15, 0.2) is 0 Å². The zero-order valence-corrected chi connectivity index (χ0v) is 18.1. The minimum absolute atomic E-state index is 0. The van der Waals surface area contributed by atoms with Crippen molar-refractivity contribution < 1.29 is 14.3 Å². The van der Waals surface area contributed by atoms with Crippen LogP contribution in [0.3, 0.4) is 0 Å². The number of amides is 2. The molecule has 1 unspecified atom stereocenters. The zero-order valence-electron chi connectivity index (χ0n) is 17.3. The highest BCUT2D eigenvalue weighted by molar-refractivity contribution is 5.92. The number of hydrogen-bond donors (Lipinski definition) is 2. The van der Waals surface area contributed by atoms with Crippen molar-refractivity contribution in [2.24, 2.45) is 17.8 Å². The summed E-state index contributed by atoms with van der Waals surface area (Å²) in [4.78, 5) is 28.3. The van der Waals surface area contributed by atoms with Gasteiger partial charge in [-0.1, -0.05) is 37.3 Å². The van der Waals surface area contributed by atoms with Crippen molar-refractivity contribution in [2.45, 2.75) is 39.2 Å². The molecule has 2 amide bonds. The third kappa shape index (κ3) is 7.34. The fourth-order valence-electron chi connectivity index (χ4n) is 3.82. The molecule has 1 saturated carbocycles. The number of alkyl carbamates (subject to hydrolysis) is 1. The molecule has 0 radical (unpaired) electrons. The SMILES string of the molecule is CC(CNC(=O)OCc1ccccc1)C1CCC(C(=O)Nc2ccncc2)CC1.Cl. The Hall–Kier alpha value is -2.60. The first-order valence-corrected chi connectivity index (χ1v) is 10.3. The van der Waals surface area contributed by atoms with Crippen molar-refractivity contribution in [1.29, 1.82) is 0 Å². The lowest BCUT2D eigenvalue weighted by atomic mass is 9.76. The Morgan fingerprint density at radius 3 is 2.40 bits per heavy atom. The summed E-state index contributed by atoms with van der Waals surface area (Å²) in [6.07, 6.45) is 6.71. The predicted octanol–water partition coefficient (Wildman–Crippen LogP) is 4.81. The fourth-order valence-corrected chi connectivity index (χ4v) is 3.82. The summed E-state index contributed by atoms with van der Waals surface area (Å²) >= 11 is 0. The summed E-state index contributed by atoms with van der Waals surface area (Å²) in [6, 6.07) is 13.2. The van der Waals surface area contributed by atoms with Gasteiger partial charge >= 0.3 is 6.09 Å². The average molecular weight is 432 g/mol. The van der Waals surface area contributed by atoms with Crippen LogP contribution in [0.15, 0.2) is 54.9 Å². The lowest BCUT2D eigenvalue weighted by molar-refractivity contribution is -0.121. The Morgan fingerprint density at radius 2 is 1.73 bits per heavy atom.